The maximum Gasteiger partial charge on any atom is 0.0264 e. The molecule has 47 heavy (non-hydrogen) atoms. The molecule has 256 valence electrons. The predicted octanol–water partition coefficient (Wildman–Crippen LogP) is 13.0. The van der Waals surface area contributed by atoms with Crippen molar-refractivity contribution in [1.29, 1.82) is 0 Å². The fourth-order valence-electron chi connectivity index (χ4n) is 14.9. The summed E-state index contributed by atoms with van der Waals surface area (Å²) in [7, 11) is 0. The van der Waals surface area contributed by atoms with Crippen molar-refractivity contribution in [2.75, 3.05) is 0 Å². The molecule has 2 aromatic carbocycles. The Hall–Kier alpha value is -1.56. The quantitative estimate of drug-likeness (QED) is 0.315. The molecule has 0 heterocycles. The highest BCUT2D eigenvalue weighted by Crippen LogP contribution is 2.74. The highest BCUT2D eigenvalue weighted by Gasteiger charge is 2.67. The molecule has 0 spiro atoms. The molecule has 0 nitrogen and oxygen atoms in total. The normalized spacial score (nSPS) is 40.1. The first-order valence-corrected chi connectivity index (χ1v) is 20.4. The summed E-state index contributed by atoms with van der Waals surface area (Å²) in [6, 6.07) is 24.5. The molecule has 0 N–H and O–H groups in total. The van der Waals surface area contributed by atoms with Gasteiger partial charge in [0, 0.05) is 5.41 Å². The Morgan fingerprint density at radius 2 is 0.766 bits per heavy atom. The maximum absolute atomic E-state index is 2.68. The summed E-state index contributed by atoms with van der Waals surface area (Å²) in [5, 5.41) is 0. The molecule has 0 bridgehead atoms. The van der Waals surface area contributed by atoms with Gasteiger partial charge in [0.05, 0.1) is 0 Å². The van der Waals surface area contributed by atoms with Crippen LogP contribution in [-0.4, -0.2) is 0 Å². The van der Waals surface area contributed by atoms with Crippen LogP contribution in [0.15, 0.2) is 60.7 Å². The third kappa shape index (κ3) is 4.93. The standard InChI is InChI=1S/C47H68/c1-43(2)23-25-45(5,6)40-29-36-34(27-38(40)43)35-28-39-41(46(7,8)26-24-44(39,3)4)30-37(35)42(36)47(33-21-15-16-22-33,31-17-11-9-12-18-31)32-19-13-10-14-20-32/h9-14,17-20,33-42H,15-16,21-30H2,1-8H3. The molecular formula is C47H68. The number of hydrogen-bond acceptors (Lipinski definition) is 0. The Labute approximate surface area is 289 Å². The molecule has 0 radical (unpaired) electrons. The van der Waals surface area contributed by atoms with E-state index in [2.05, 4.69) is 116 Å². The van der Waals surface area contributed by atoms with Gasteiger partial charge in [-0.25, -0.2) is 0 Å². The second kappa shape index (κ2) is 11.2. The van der Waals surface area contributed by atoms with Crippen LogP contribution in [0.4, 0.5) is 0 Å². The first kappa shape index (κ1) is 32.6. The van der Waals surface area contributed by atoms with Crippen LogP contribution in [0.25, 0.3) is 0 Å². The Balaban J connectivity index is 1.35. The van der Waals surface area contributed by atoms with Gasteiger partial charge in [-0.15, -0.1) is 0 Å². The Morgan fingerprint density at radius 1 is 0.447 bits per heavy atom. The molecule has 0 aromatic heterocycles. The van der Waals surface area contributed by atoms with Crippen LogP contribution < -0.4 is 0 Å². The average molecular weight is 633 g/mol. The van der Waals surface area contributed by atoms with Crippen molar-refractivity contribution in [3.05, 3.63) is 71.8 Å². The molecule has 8 atom stereocenters. The summed E-state index contributed by atoms with van der Waals surface area (Å²) in [5.74, 6) is 8.45. The third-order valence-corrected chi connectivity index (χ3v) is 17.5. The zero-order chi connectivity index (χ0) is 33.0. The van der Waals surface area contributed by atoms with E-state index in [-0.39, 0.29) is 5.41 Å². The van der Waals surface area contributed by atoms with Gasteiger partial charge in [-0.1, -0.05) is 129 Å². The third-order valence-electron chi connectivity index (χ3n) is 17.5. The number of benzene rings is 2. The minimum Gasteiger partial charge on any atom is -0.0622 e. The lowest BCUT2D eigenvalue weighted by atomic mass is 9.45. The summed E-state index contributed by atoms with van der Waals surface area (Å²) >= 11 is 0. The van der Waals surface area contributed by atoms with Crippen molar-refractivity contribution >= 4 is 0 Å². The van der Waals surface area contributed by atoms with Gasteiger partial charge < -0.3 is 0 Å². The van der Waals surface area contributed by atoms with Crippen LogP contribution >= 0.6 is 0 Å². The topological polar surface area (TPSA) is 0 Å². The van der Waals surface area contributed by atoms with Crippen molar-refractivity contribution in [2.24, 2.45) is 80.8 Å². The summed E-state index contributed by atoms with van der Waals surface area (Å²) in [4.78, 5) is 0. The largest absolute Gasteiger partial charge is 0.0622 e. The Kier molecular flexibility index (Phi) is 7.79. The van der Waals surface area contributed by atoms with Gasteiger partial charge in [-0.2, -0.15) is 0 Å². The molecule has 0 saturated heterocycles. The molecule has 6 aliphatic rings. The van der Waals surface area contributed by atoms with Crippen LogP contribution in [0.1, 0.15) is 144 Å². The molecule has 0 aliphatic heterocycles. The highest BCUT2D eigenvalue weighted by molar-refractivity contribution is 5.44. The monoisotopic (exact) mass is 633 g/mol. The van der Waals surface area contributed by atoms with Gasteiger partial charge in [0.15, 0.2) is 0 Å². The lowest BCUT2D eigenvalue weighted by Gasteiger charge is -2.59. The highest BCUT2D eigenvalue weighted by atomic mass is 14.7. The zero-order valence-corrected chi connectivity index (χ0v) is 31.5. The van der Waals surface area contributed by atoms with E-state index in [9.17, 15) is 0 Å². The van der Waals surface area contributed by atoms with Gasteiger partial charge in [0.25, 0.3) is 0 Å². The van der Waals surface area contributed by atoms with E-state index >= 15 is 0 Å². The summed E-state index contributed by atoms with van der Waals surface area (Å²) in [6.07, 6.45) is 17.3. The van der Waals surface area contributed by atoms with E-state index in [0.717, 1.165) is 59.2 Å². The fraction of sp³-hybridized carbons (Fsp3) is 0.745. The molecule has 6 saturated carbocycles. The van der Waals surface area contributed by atoms with Crippen molar-refractivity contribution < 1.29 is 0 Å². The molecular weight excluding hydrogens is 565 g/mol. The maximum atomic E-state index is 2.68. The number of fused-ring (bicyclic) bond motifs is 5. The predicted molar refractivity (Wildman–Crippen MR) is 199 cm³/mol. The second-order valence-electron chi connectivity index (χ2n) is 21.1. The first-order valence-electron chi connectivity index (χ1n) is 20.4. The smallest absolute Gasteiger partial charge is 0.0264 e. The van der Waals surface area contributed by atoms with Gasteiger partial charge in [0.2, 0.25) is 0 Å². The van der Waals surface area contributed by atoms with E-state index in [0.29, 0.717) is 21.7 Å². The second-order valence-corrected chi connectivity index (χ2v) is 21.1. The average Bonchev–Trinajstić information content (AvgIpc) is 3.70. The first-order chi connectivity index (χ1) is 22.3. The van der Waals surface area contributed by atoms with Crippen LogP contribution in [0.5, 0.6) is 0 Å². The number of rotatable bonds is 4. The van der Waals surface area contributed by atoms with Gasteiger partial charge in [-0.05, 0) is 156 Å². The minimum atomic E-state index is 0.115. The minimum absolute atomic E-state index is 0.115. The van der Waals surface area contributed by atoms with Crippen LogP contribution in [-0.2, 0) is 5.41 Å². The van der Waals surface area contributed by atoms with Gasteiger partial charge in [-0.3, -0.25) is 0 Å². The van der Waals surface area contributed by atoms with Crippen LogP contribution in [0.2, 0.25) is 0 Å². The van der Waals surface area contributed by atoms with Crippen molar-refractivity contribution in [1.82, 2.24) is 0 Å². The van der Waals surface area contributed by atoms with E-state index in [4.69, 9.17) is 0 Å². The molecule has 8 rings (SSSR count). The van der Waals surface area contributed by atoms with Crippen molar-refractivity contribution in [3.63, 3.8) is 0 Å². The van der Waals surface area contributed by atoms with E-state index in [1.807, 2.05) is 0 Å². The van der Waals surface area contributed by atoms with Crippen LogP contribution in [0, 0.1) is 80.8 Å². The molecule has 8 unspecified atom stereocenters. The van der Waals surface area contributed by atoms with Crippen molar-refractivity contribution in [3.8, 4) is 0 Å². The summed E-state index contributed by atoms with van der Waals surface area (Å²) < 4.78 is 0. The van der Waals surface area contributed by atoms with Gasteiger partial charge >= 0.3 is 0 Å². The Bertz CT molecular complexity index is 1300. The molecule has 6 aliphatic carbocycles. The summed E-state index contributed by atoms with van der Waals surface area (Å²) in [6.45, 7) is 21.4. The molecule has 0 amide bonds. The molecule has 2 aromatic rings. The fourth-order valence-corrected chi connectivity index (χ4v) is 14.9. The van der Waals surface area contributed by atoms with Gasteiger partial charge in [0.1, 0.15) is 0 Å². The van der Waals surface area contributed by atoms with E-state index in [1.54, 1.807) is 11.1 Å². The Morgan fingerprint density at radius 3 is 1.11 bits per heavy atom. The lowest BCUT2D eigenvalue weighted by Crippen LogP contribution is -2.53. The molecule has 0 heteroatoms. The SMILES string of the molecule is CC1(C)CCC(C)(C)C2CC3C(CC21)C1CC2C(CC1C3C(c1ccccc1)(c1ccccc1)C1CCCC1)C(C)(C)CCC2(C)C. The van der Waals surface area contributed by atoms with E-state index < -0.39 is 0 Å². The lowest BCUT2D eigenvalue weighted by molar-refractivity contribution is -0.0969. The van der Waals surface area contributed by atoms with Crippen molar-refractivity contribution in [2.45, 2.75) is 138 Å². The van der Waals surface area contributed by atoms with E-state index in [1.165, 1.54) is 77.0 Å². The number of hydrogen-bond donors (Lipinski definition) is 0. The van der Waals surface area contributed by atoms with Crippen LogP contribution in [0.3, 0.4) is 0 Å². The zero-order valence-electron chi connectivity index (χ0n) is 31.5. The molecule has 6 fully saturated rings. The summed E-state index contributed by atoms with van der Waals surface area (Å²) in [5.41, 5.74) is 5.31.